The van der Waals surface area contributed by atoms with Crippen LogP contribution in [-0.2, 0) is 4.79 Å². The maximum atomic E-state index is 11.7. The van der Waals surface area contributed by atoms with Crippen molar-refractivity contribution in [1.29, 1.82) is 0 Å². The molecular weight excluding hydrogens is 366 g/mol. The minimum atomic E-state index is -0.422. The topological polar surface area (TPSA) is 104 Å². The van der Waals surface area contributed by atoms with Crippen LogP contribution in [-0.4, -0.2) is 57.3 Å². The number of aromatic nitrogens is 4. The Hall–Kier alpha value is -3.01. The van der Waals surface area contributed by atoms with E-state index in [1.54, 1.807) is 12.4 Å². The summed E-state index contributed by atoms with van der Waals surface area (Å²) < 4.78 is 0. The van der Waals surface area contributed by atoms with Gasteiger partial charge in [0, 0.05) is 50.3 Å². The number of carbonyl (C=O) groups is 2. The number of nitrogens with zero attached hydrogens (tertiary/aromatic N) is 6. The average Bonchev–Trinajstić information content (AvgIpc) is 2.88. The van der Waals surface area contributed by atoms with Gasteiger partial charge in [0.1, 0.15) is 6.33 Å². The van der Waals surface area contributed by atoms with Gasteiger partial charge in [-0.15, -0.1) is 0 Å². The third kappa shape index (κ3) is 4.05. The molecule has 2 saturated heterocycles. The number of carbonyl (C=O) groups excluding carboxylic acids is 2. The van der Waals surface area contributed by atoms with E-state index in [0.717, 1.165) is 50.0 Å². The zero-order valence-corrected chi connectivity index (χ0v) is 15.2. The highest BCUT2D eigenvalue weighted by molar-refractivity contribution is 8.18. The highest BCUT2D eigenvalue weighted by atomic mass is 32.2. The standard InChI is InChI=1S/C17H17N7O2S/c25-15-13(27-17(26)22-15)10-14-19-11-20-16(21-14)24-7-1-6-23(8-9-24)12-2-4-18-5-3-12/h2-5,10-11H,1,6-9H2,(H,22,25,26)/b13-10-. The first kappa shape index (κ1) is 17.4. The molecule has 0 saturated carbocycles. The van der Waals surface area contributed by atoms with Gasteiger partial charge in [-0.25, -0.2) is 9.97 Å². The van der Waals surface area contributed by atoms with E-state index >= 15 is 0 Å². The number of amides is 2. The van der Waals surface area contributed by atoms with Gasteiger partial charge in [-0.1, -0.05) is 0 Å². The van der Waals surface area contributed by atoms with Gasteiger partial charge in [0.15, 0.2) is 5.82 Å². The maximum absolute atomic E-state index is 11.7. The molecule has 138 valence electrons. The van der Waals surface area contributed by atoms with Crippen molar-refractivity contribution in [3.63, 3.8) is 0 Å². The van der Waals surface area contributed by atoms with Crippen LogP contribution in [0.25, 0.3) is 6.08 Å². The largest absolute Gasteiger partial charge is 0.370 e. The lowest BCUT2D eigenvalue weighted by Crippen LogP contribution is -2.31. The first-order valence-electron chi connectivity index (χ1n) is 8.53. The highest BCUT2D eigenvalue weighted by Gasteiger charge is 2.25. The summed E-state index contributed by atoms with van der Waals surface area (Å²) in [6.45, 7) is 3.39. The second kappa shape index (κ2) is 7.70. The molecule has 2 fully saturated rings. The van der Waals surface area contributed by atoms with Crippen LogP contribution in [0.3, 0.4) is 0 Å². The van der Waals surface area contributed by atoms with E-state index in [-0.39, 0.29) is 10.1 Å². The molecule has 4 rings (SSSR count). The maximum Gasteiger partial charge on any atom is 0.290 e. The number of rotatable bonds is 3. The van der Waals surface area contributed by atoms with Crippen LogP contribution in [0.1, 0.15) is 12.2 Å². The Morgan fingerprint density at radius 2 is 1.81 bits per heavy atom. The molecule has 2 aliphatic rings. The summed E-state index contributed by atoms with van der Waals surface area (Å²) >= 11 is 0.847. The second-order valence-electron chi connectivity index (χ2n) is 6.03. The number of hydrogen-bond acceptors (Lipinski definition) is 9. The summed E-state index contributed by atoms with van der Waals surface area (Å²) in [4.78, 5) is 44.6. The van der Waals surface area contributed by atoms with E-state index in [4.69, 9.17) is 0 Å². The fourth-order valence-corrected chi connectivity index (χ4v) is 3.64. The summed E-state index contributed by atoms with van der Waals surface area (Å²) in [5.41, 5.74) is 1.15. The lowest BCUT2D eigenvalue weighted by molar-refractivity contribution is -0.115. The van der Waals surface area contributed by atoms with E-state index in [0.29, 0.717) is 11.8 Å². The Labute approximate surface area is 159 Å². The van der Waals surface area contributed by atoms with E-state index in [2.05, 4.69) is 35.1 Å². The average molecular weight is 383 g/mol. The predicted molar refractivity (Wildman–Crippen MR) is 102 cm³/mol. The number of hydrogen-bond donors (Lipinski definition) is 1. The van der Waals surface area contributed by atoms with Crippen LogP contribution >= 0.6 is 11.8 Å². The van der Waals surface area contributed by atoms with Crippen molar-refractivity contribution < 1.29 is 9.59 Å². The third-order valence-corrected chi connectivity index (χ3v) is 5.10. The van der Waals surface area contributed by atoms with Crippen molar-refractivity contribution in [3.05, 3.63) is 41.6 Å². The first-order chi connectivity index (χ1) is 13.2. The molecule has 0 aliphatic carbocycles. The minimum Gasteiger partial charge on any atom is -0.370 e. The van der Waals surface area contributed by atoms with Gasteiger partial charge in [0.05, 0.1) is 4.91 Å². The van der Waals surface area contributed by atoms with Gasteiger partial charge < -0.3 is 9.80 Å². The van der Waals surface area contributed by atoms with Crippen molar-refractivity contribution >= 4 is 40.6 Å². The molecule has 4 heterocycles. The van der Waals surface area contributed by atoms with Gasteiger partial charge in [0.25, 0.3) is 11.1 Å². The second-order valence-corrected chi connectivity index (χ2v) is 7.04. The highest BCUT2D eigenvalue weighted by Crippen LogP contribution is 2.25. The number of thioether (sulfide) groups is 1. The molecule has 9 nitrogen and oxygen atoms in total. The Morgan fingerprint density at radius 3 is 2.59 bits per heavy atom. The predicted octanol–water partition coefficient (Wildman–Crippen LogP) is 1.31. The fourth-order valence-electron chi connectivity index (χ4n) is 2.99. The van der Waals surface area contributed by atoms with Gasteiger partial charge in [0.2, 0.25) is 5.95 Å². The number of pyridine rings is 1. The molecule has 0 radical (unpaired) electrons. The van der Waals surface area contributed by atoms with E-state index in [1.807, 2.05) is 12.1 Å². The zero-order chi connectivity index (χ0) is 18.6. The molecule has 2 aliphatic heterocycles. The normalized spacial score (nSPS) is 19.3. The van der Waals surface area contributed by atoms with Gasteiger partial charge in [-0.05, 0) is 30.3 Å². The molecule has 10 heteroatoms. The smallest absolute Gasteiger partial charge is 0.290 e. The van der Waals surface area contributed by atoms with Crippen molar-refractivity contribution in [2.24, 2.45) is 0 Å². The molecule has 2 aromatic heterocycles. The third-order valence-electron chi connectivity index (χ3n) is 4.29. The number of imide groups is 1. The fraction of sp³-hybridized carbons (Fsp3) is 0.294. The molecule has 0 aromatic carbocycles. The lowest BCUT2D eigenvalue weighted by Gasteiger charge is -2.23. The molecule has 27 heavy (non-hydrogen) atoms. The quantitative estimate of drug-likeness (QED) is 0.785. The summed E-state index contributed by atoms with van der Waals surface area (Å²) in [6, 6.07) is 4.02. The SMILES string of the molecule is O=C1NC(=O)/C(=C/c2ncnc(N3CCCN(c4ccncc4)CC3)n2)S1. The van der Waals surface area contributed by atoms with Gasteiger partial charge in [-0.2, -0.15) is 4.98 Å². The van der Waals surface area contributed by atoms with Crippen molar-refractivity contribution in [1.82, 2.24) is 25.3 Å². The Balaban J connectivity index is 1.48. The Morgan fingerprint density at radius 1 is 1.04 bits per heavy atom. The van der Waals surface area contributed by atoms with Crippen LogP contribution in [0.5, 0.6) is 0 Å². The van der Waals surface area contributed by atoms with E-state index < -0.39 is 5.91 Å². The van der Waals surface area contributed by atoms with Crippen LogP contribution in [0.15, 0.2) is 35.8 Å². The summed E-state index contributed by atoms with van der Waals surface area (Å²) in [5, 5.41) is 1.83. The molecular formula is C17H17N7O2S. The molecule has 2 aromatic rings. The minimum absolute atomic E-state index is 0.289. The van der Waals surface area contributed by atoms with Gasteiger partial charge in [-0.3, -0.25) is 19.9 Å². The zero-order valence-electron chi connectivity index (χ0n) is 14.4. The molecule has 0 spiro atoms. The lowest BCUT2D eigenvalue weighted by atomic mass is 10.3. The Kier molecular flexibility index (Phi) is 4.97. The van der Waals surface area contributed by atoms with Crippen LogP contribution in [0.4, 0.5) is 16.4 Å². The van der Waals surface area contributed by atoms with Crippen molar-refractivity contribution in [2.75, 3.05) is 36.0 Å². The monoisotopic (exact) mass is 383 g/mol. The molecule has 0 unspecified atom stereocenters. The van der Waals surface area contributed by atoms with Crippen LogP contribution in [0, 0.1) is 0 Å². The van der Waals surface area contributed by atoms with Crippen LogP contribution < -0.4 is 15.1 Å². The Bertz CT molecular complexity index is 890. The summed E-state index contributed by atoms with van der Waals surface area (Å²) in [7, 11) is 0. The van der Waals surface area contributed by atoms with E-state index in [1.165, 1.54) is 12.4 Å². The summed E-state index contributed by atoms with van der Waals surface area (Å²) in [5.74, 6) is 0.514. The number of nitrogens with one attached hydrogen (secondary N) is 1. The van der Waals surface area contributed by atoms with E-state index in [9.17, 15) is 9.59 Å². The van der Waals surface area contributed by atoms with Crippen LogP contribution in [0.2, 0.25) is 0 Å². The number of anilines is 2. The van der Waals surface area contributed by atoms with Crippen molar-refractivity contribution in [2.45, 2.75) is 6.42 Å². The molecule has 1 N–H and O–H groups in total. The van der Waals surface area contributed by atoms with Crippen molar-refractivity contribution in [3.8, 4) is 0 Å². The molecule has 0 atom stereocenters. The first-order valence-corrected chi connectivity index (χ1v) is 9.34. The molecule has 0 bridgehead atoms. The molecule has 2 amide bonds. The van der Waals surface area contributed by atoms with Gasteiger partial charge >= 0.3 is 0 Å². The summed E-state index contributed by atoms with van der Waals surface area (Å²) in [6.07, 6.45) is 7.51.